The summed E-state index contributed by atoms with van der Waals surface area (Å²) in [4.78, 5) is 10.6. The summed E-state index contributed by atoms with van der Waals surface area (Å²) < 4.78 is 44.6. The Bertz CT molecular complexity index is 631. The number of carbonyl (C=O) groups is 1. The van der Waals surface area contributed by atoms with Crippen LogP contribution in [0.3, 0.4) is 0 Å². The number of sulfonamides is 1. The number of aromatic carboxylic acids is 1. The van der Waals surface area contributed by atoms with Gasteiger partial charge in [-0.2, -0.15) is 4.31 Å². The smallest absolute Gasteiger partial charge is 0.337 e. The van der Waals surface area contributed by atoms with Gasteiger partial charge in [-0.15, -0.1) is 0 Å². The lowest BCUT2D eigenvalue weighted by Gasteiger charge is -2.32. The van der Waals surface area contributed by atoms with Gasteiger partial charge in [-0.25, -0.2) is 17.6 Å². The highest BCUT2D eigenvalue weighted by molar-refractivity contribution is 7.89. The van der Waals surface area contributed by atoms with Gasteiger partial charge in [-0.1, -0.05) is 0 Å². The fourth-order valence-electron chi connectivity index (χ4n) is 2.08. The van der Waals surface area contributed by atoms with Gasteiger partial charge in [0.05, 0.1) is 23.7 Å². The molecule has 0 bridgehead atoms. The molecule has 8 heteroatoms. The number of carboxylic acid groups (broad SMARTS) is 1. The van der Waals surface area contributed by atoms with Gasteiger partial charge in [-0.05, 0) is 25.1 Å². The Hall–Kier alpha value is -1.51. The SMILES string of the molecule is C[C@@H]1COCCN1S(=O)(=O)c1cc(F)ccc1C(=O)O. The number of halogens is 1. The Morgan fingerprint density at radius 1 is 1.50 bits per heavy atom. The van der Waals surface area contributed by atoms with Crippen molar-refractivity contribution in [2.75, 3.05) is 19.8 Å². The van der Waals surface area contributed by atoms with E-state index in [-0.39, 0.29) is 19.8 Å². The molecule has 6 nitrogen and oxygen atoms in total. The van der Waals surface area contributed by atoms with Crippen LogP contribution in [0.4, 0.5) is 4.39 Å². The molecular formula is C12H14FNO5S. The van der Waals surface area contributed by atoms with E-state index in [1.807, 2.05) is 0 Å². The van der Waals surface area contributed by atoms with Crippen LogP contribution in [0.15, 0.2) is 23.1 Å². The van der Waals surface area contributed by atoms with Crippen molar-refractivity contribution >= 4 is 16.0 Å². The van der Waals surface area contributed by atoms with Gasteiger partial charge in [0.25, 0.3) is 0 Å². The molecule has 0 unspecified atom stereocenters. The second kappa shape index (κ2) is 5.47. The quantitative estimate of drug-likeness (QED) is 0.898. The number of carboxylic acids is 1. The highest BCUT2D eigenvalue weighted by atomic mass is 32.2. The Balaban J connectivity index is 2.53. The van der Waals surface area contributed by atoms with Gasteiger partial charge in [0.15, 0.2) is 0 Å². The number of benzene rings is 1. The van der Waals surface area contributed by atoms with Crippen LogP contribution in [-0.4, -0.2) is 49.6 Å². The summed E-state index contributed by atoms with van der Waals surface area (Å²) in [5, 5.41) is 9.05. The molecule has 2 rings (SSSR count). The zero-order valence-electron chi connectivity index (χ0n) is 10.7. The van der Waals surface area contributed by atoms with E-state index >= 15 is 0 Å². The van der Waals surface area contributed by atoms with E-state index in [2.05, 4.69) is 0 Å². The average Bonchev–Trinajstić information content (AvgIpc) is 2.38. The summed E-state index contributed by atoms with van der Waals surface area (Å²) in [6.07, 6.45) is 0. The van der Waals surface area contributed by atoms with Crippen molar-refractivity contribution in [1.29, 1.82) is 0 Å². The molecule has 0 aliphatic carbocycles. The molecule has 1 aliphatic rings. The van der Waals surface area contributed by atoms with E-state index in [0.29, 0.717) is 0 Å². The predicted molar refractivity (Wildman–Crippen MR) is 67.5 cm³/mol. The molecule has 0 radical (unpaired) electrons. The predicted octanol–water partition coefficient (Wildman–Crippen LogP) is 0.933. The number of hydrogen-bond donors (Lipinski definition) is 1. The zero-order chi connectivity index (χ0) is 14.9. The normalized spacial score (nSPS) is 20.8. The van der Waals surface area contributed by atoms with Gasteiger partial charge < -0.3 is 9.84 Å². The third-order valence-electron chi connectivity index (χ3n) is 3.07. The topological polar surface area (TPSA) is 83.9 Å². The lowest BCUT2D eigenvalue weighted by Crippen LogP contribution is -2.47. The van der Waals surface area contributed by atoms with Crippen LogP contribution in [0.2, 0.25) is 0 Å². The van der Waals surface area contributed by atoms with Crippen LogP contribution >= 0.6 is 0 Å². The number of rotatable bonds is 3. The molecule has 1 fully saturated rings. The van der Waals surface area contributed by atoms with E-state index in [1.165, 1.54) is 0 Å². The van der Waals surface area contributed by atoms with Crippen molar-refractivity contribution in [2.45, 2.75) is 17.9 Å². The van der Waals surface area contributed by atoms with Crippen LogP contribution in [-0.2, 0) is 14.8 Å². The zero-order valence-corrected chi connectivity index (χ0v) is 11.6. The van der Waals surface area contributed by atoms with E-state index < -0.39 is 38.3 Å². The molecule has 1 heterocycles. The van der Waals surface area contributed by atoms with Gasteiger partial charge in [0, 0.05) is 12.6 Å². The minimum absolute atomic E-state index is 0.110. The van der Waals surface area contributed by atoms with Crippen molar-refractivity contribution in [3.63, 3.8) is 0 Å². The molecule has 0 spiro atoms. The molecule has 1 aromatic carbocycles. The highest BCUT2D eigenvalue weighted by Gasteiger charge is 2.34. The van der Waals surface area contributed by atoms with Crippen LogP contribution in [0, 0.1) is 5.82 Å². The highest BCUT2D eigenvalue weighted by Crippen LogP contribution is 2.24. The molecule has 1 saturated heterocycles. The average molecular weight is 303 g/mol. The van der Waals surface area contributed by atoms with Crippen molar-refractivity contribution in [1.82, 2.24) is 4.31 Å². The second-order valence-electron chi connectivity index (χ2n) is 4.49. The number of hydrogen-bond acceptors (Lipinski definition) is 4. The third kappa shape index (κ3) is 2.67. The van der Waals surface area contributed by atoms with Crippen LogP contribution < -0.4 is 0 Å². The van der Waals surface area contributed by atoms with Crippen molar-refractivity contribution in [3.05, 3.63) is 29.6 Å². The second-order valence-corrected chi connectivity index (χ2v) is 6.34. The van der Waals surface area contributed by atoms with Gasteiger partial charge in [-0.3, -0.25) is 0 Å². The fourth-order valence-corrected chi connectivity index (χ4v) is 3.88. The number of ether oxygens (including phenoxy) is 1. The summed E-state index contributed by atoms with van der Waals surface area (Å²) in [5.74, 6) is -2.21. The lowest BCUT2D eigenvalue weighted by molar-refractivity contribution is 0.0392. The van der Waals surface area contributed by atoms with Crippen molar-refractivity contribution in [3.8, 4) is 0 Å². The van der Waals surface area contributed by atoms with E-state index in [9.17, 15) is 17.6 Å². The van der Waals surface area contributed by atoms with Gasteiger partial charge in [0.1, 0.15) is 5.82 Å². The van der Waals surface area contributed by atoms with Crippen molar-refractivity contribution < 1.29 is 27.4 Å². The first-order chi connectivity index (χ1) is 9.34. The summed E-state index contributed by atoms with van der Waals surface area (Å²) in [6, 6.07) is 2.18. The fraction of sp³-hybridized carbons (Fsp3) is 0.417. The Morgan fingerprint density at radius 3 is 2.80 bits per heavy atom. The molecule has 1 atom stereocenters. The van der Waals surface area contributed by atoms with Crippen molar-refractivity contribution in [2.24, 2.45) is 0 Å². The first-order valence-electron chi connectivity index (χ1n) is 5.96. The third-order valence-corrected chi connectivity index (χ3v) is 5.12. The molecule has 20 heavy (non-hydrogen) atoms. The summed E-state index contributed by atoms with van der Waals surface area (Å²) in [5.41, 5.74) is -0.440. The standard InChI is InChI=1S/C12H14FNO5S/c1-8-7-19-5-4-14(8)20(17,18)11-6-9(13)2-3-10(11)12(15)16/h2-3,6,8H,4-5,7H2,1H3,(H,15,16)/t8-/m1/s1. The van der Waals surface area contributed by atoms with E-state index in [0.717, 1.165) is 22.5 Å². The Labute approximate surface area is 115 Å². The lowest BCUT2D eigenvalue weighted by atomic mass is 10.2. The van der Waals surface area contributed by atoms with Crippen LogP contribution in [0.1, 0.15) is 17.3 Å². The summed E-state index contributed by atoms with van der Waals surface area (Å²) >= 11 is 0. The maximum absolute atomic E-state index is 13.3. The summed E-state index contributed by atoms with van der Waals surface area (Å²) in [7, 11) is -4.08. The number of morpholine rings is 1. The molecule has 0 aromatic heterocycles. The van der Waals surface area contributed by atoms with E-state index in [4.69, 9.17) is 9.84 Å². The minimum Gasteiger partial charge on any atom is -0.478 e. The van der Waals surface area contributed by atoms with Crippen LogP contribution in [0.5, 0.6) is 0 Å². The maximum Gasteiger partial charge on any atom is 0.337 e. The first kappa shape index (κ1) is 14.9. The van der Waals surface area contributed by atoms with Crippen LogP contribution in [0.25, 0.3) is 0 Å². The molecule has 1 aromatic rings. The maximum atomic E-state index is 13.3. The minimum atomic E-state index is -4.08. The van der Waals surface area contributed by atoms with Gasteiger partial charge in [0.2, 0.25) is 10.0 Å². The monoisotopic (exact) mass is 303 g/mol. The Kier molecular flexibility index (Phi) is 4.07. The molecule has 1 aliphatic heterocycles. The summed E-state index contributed by atoms with van der Waals surface area (Å²) in [6.45, 7) is 2.20. The molecule has 0 saturated carbocycles. The molecule has 1 N–H and O–H groups in total. The van der Waals surface area contributed by atoms with Gasteiger partial charge >= 0.3 is 5.97 Å². The first-order valence-corrected chi connectivity index (χ1v) is 7.40. The van der Waals surface area contributed by atoms with E-state index in [1.54, 1.807) is 6.92 Å². The molecular weight excluding hydrogens is 289 g/mol. The Morgan fingerprint density at radius 2 is 2.20 bits per heavy atom. The number of nitrogens with zero attached hydrogens (tertiary/aromatic N) is 1. The molecule has 0 amide bonds. The largest absolute Gasteiger partial charge is 0.478 e. The molecule has 110 valence electrons.